The fourth-order valence-electron chi connectivity index (χ4n) is 11.7. The van der Waals surface area contributed by atoms with Crippen LogP contribution >= 0.6 is 15.6 Å². The lowest BCUT2D eigenvalue weighted by Gasteiger charge is -2.21. The fraction of sp³-hybridized carbons (Fsp3) is 0.742. The third-order valence-corrected chi connectivity index (χ3v) is 20.1. The molecule has 0 fully saturated rings. The molecule has 0 saturated carbocycles. The maximum absolute atomic E-state index is 13.0. The number of allylic oxidation sites excluding steroid dienone is 20. The molecule has 0 aliphatic rings. The molecular weight excluding hydrogens is 1390 g/mol. The number of aliphatic hydroxyl groups is 2. The van der Waals surface area contributed by atoms with Gasteiger partial charge in [-0.05, 0) is 116 Å². The highest BCUT2D eigenvalue weighted by molar-refractivity contribution is 7.47. The molecule has 16 nitrogen and oxygen atoms in total. The normalized spacial score (nSPS) is 14.5. The molecule has 107 heavy (non-hydrogen) atoms. The minimum atomic E-state index is -4.93. The SMILES string of the molecule is CC/C=C\C/C=C\C/C=C\C/C=C\C/C=C\C/C=C\CCCCCCCCCCCCCCCCC(=O)OCC(O)COP(=O)(O)OCC(O)COP(=O)(O)OCC(COC(=O)CCCCCCCCCCC/C=C\C/C=C\C/C=C\C/C=C\CCCCC)OC(=O)CCCCCCCCCCCCCCC. The molecule has 0 aromatic heterocycles. The van der Waals surface area contributed by atoms with Crippen molar-refractivity contribution < 1.29 is 75.8 Å². The maximum atomic E-state index is 13.0. The lowest BCUT2D eigenvalue weighted by Crippen LogP contribution is -2.30. The topological polar surface area (TPSA) is 231 Å². The van der Waals surface area contributed by atoms with E-state index >= 15 is 0 Å². The smallest absolute Gasteiger partial charge is 0.463 e. The van der Waals surface area contributed by atoms with Crippen molar-refractivity contribution in [2.24, 2.45) is 0 Å². The lowest BCUT2D eigenvalue weighted by atomic mass is 10.0. The average Bonchev–Trinajstić information content (AvgIpc) is 0.908. The number of rotatable bonds is 81. The summed E-state index contributed by atoms with van der Waals surface area (Å²) >= 11 is 0. The molecule has 0 aliphatic carbocycles. The number of hydrogen-bond donors (Lipinski definition) is 4. The highest BCUT2D eigenvalue weighted by Gasteiger charge is 2.29. The van der Waals surface area contributed by atoms with Crippen LogP contribution in [0.3, 0.4) is 0 Å². The Morgan fingerprint density at radius 1 is 0.271 bits per heavy atom. The summed E-state index contributed by atoms with van der Waals surface area (Å²) in [4.78, 5) is 58.7. The molecule has 4 N–H and O–H groups in total. The molecule has 5 unspecified atom stereocenters. The maximum Gasteiger partial charge on any atom is 0.472 e. The fourth-order valence-corrected chi connectivity index (χ4v) is 13.3. The van der Waals surface area contributed by atoms with E-state index in [0.29, 0.717) is 19.3 Å². The number of hydrogen-bond acceptors (Lipinski definition) is 14. The van der Waals surface area contributed by atoms with Crippen LogP contribution in [0.2, 0.25) is 0 Å². The number of phosphoric ester groups is 2. The van der Waals surface area contributed by atoms with Crippen LogP contribution in [0.5, 0.6) is 0 Å². The number of carbonyl (C=O) groups excluding carboxylic acids is 3. The monoisotopic (exact) mass is 1540 g/mol. The number of unbranched alkanes of at least 4 members (excludes halogenated alkanes) is 38. The van der Waals surface area contributed by atoms with Gasteiger partial charge in [-0.15, -0.1) is 0 Å². The van der Waals surface area contributed by atoms with Gasteiger partial charge in [-0.3, -0.25) is 32.5 Å². The second-order valence-electron chi connectivity index (χ2n) is 28.6. The number of carbonyl (C=O) groups is 3. The van der Waals surface area contributed by atoms with Crippen molar-refractivity contribution in [3.05, 3.63) is 122 Å². The molecule has 0 amide bonds. The van der Waals surface area contributed by atoms with Gasteiger partial charge in [0, 0.05) is 19.3 Å². The van der Waals surface area contributed by atoms with Crippen LogP contribution in [0.1, 0.15) is 367 Å². The Bertz CT molecular complexity index is 2430. The van der Waals surface area contributed by atoms with E-state index < -0.39 is 91.5 Å². The molecule has 0 spiro atoms. The Labute approximate surface area is 653 Å². The summed E-state index contributed by atoms with van der Waals surface area (Å²) in [5.74, 6) is -1.57. The van der Waals surface area contributed by atoms with Gasteiger partial charge in [0.2, 0.25) is 0 Å². The molecule has 0 saturated heterocycles. The van der Waals surface area contributed by atoms with Gasteiger partial charge in [0.25, 0.3) is 0 Å². The standard InChI is InChI=1S/C89H156O16P2/c1-4-7-10-13-16-19-22-25-27-29-31-33-35-37-38-39-40-41-42-43-44-46-48-49-51-53-55-58-60-63-66-69-72-75-87(92)99-78-84(90)79-101-106(95,96)102-80-85(91)81-103-107(97,98)104-83-86(105-89(94)77-74-71-68-65-62-57-24-21-18-15-12-9-6-3)82-100-88(93)76-73-70-67-64-61-59-56-54-52-50-47-45-36-34-32-30-28-26-23-20-17-14-11-8-5-2/h7,10,16-17,19-20,25-28,31-34,37-38,40-41,45,47,84-86,90-91H,4-6,8-9,11-15,18,21-24,29-30,35-36,39,42-44,46,48-83H2,1-3H3,(H,95,96)(H,97,98)/b10-7-,19-16-,20-17-,27-25-,28-26-,33-31-,34-32-,38-37-,41-40-,47-45-. The summed E-state index contributed by atoms with van der Waals surface area (Å²) in [5.41, 5.74) is 0. The highest BCUT2D eigenvalue weighted by Crippen LogP contribution is 2.45. The van der Waals surface area contributed by atoms with Crippen LogP contribution < -0.4 is 0 Å². The van der Waals surface area contributed by atoms with Crippen molar-refractivity contribution in [2.45, 2.75) is 386 Å². The summed E-state index contributed by atoms with van der Waals surface area (Å²) in [5, 5.41) is 20.7. The van der Waals surface area contributed by atoms with E-state index in [1.165, 1.54) is 167 Å². The lowest BCUT2D eigenvalue weighted by molar-refractivity contribution is -0.161. The van der Waals surface area contributed by atoms with E-state index in [2.05, 4.69) is 142 Å². The zero-order valence-electron chi connectivity index (χ0n) is 67.8. The first-order chi connectivity index (χ1) is 52.2. The zero-order valence-corrected chi connectivity index (χ0v) is 69.6. The minimum absolute atomic E-state index is 0.106. The first-order valence-electron chi connectivity index (χ1n) is 42.8. The van der Waals surface area contributed by atoms with Gasteiger partial charge in [0.15, 0.2) is 6.10 Å². The Morgan fingerprint density at radius 2 is 0.495 bits per heavy atom. The Hall–Kier alpha value is -4.05. The molecule has 0 aromatic rings. The average molecular weight is 1540 g/mol. The van der Waals surface area contributed by atoms with Crippen LogP contribution in [0, 0.1) is 0 Å². The van der Waals surface area contributed by atoms with Gasteiger partial charge in [0.1, 0.15) is 25.4 Å². The summed E-state index contributed by atoms with van der Waals surface area (Å²) in [6.07, 6.45) is 98.2. The van der Waals surface area contributed by atoms with Crippen molar-refractivity contribution >= 4 is 33.6 Å². The quantitative estimate of drug-likeness (QED) is 0.0146. The molecular formula is C89H156O16P2. The van der Waals surface area contributed by atoms with Crippen molar-refractivity contribution in [1.29, 1.82) is 0 Å². The number of aliphatic hydroxyl groups excluding tert-OH is 2. The Morgan fingerprint density at radius 3 is 0.804 bits per heavy atom. The van der Waals surface area contributed by atoms with Gasteiger partial charge in [-0.1, -0.05) is 354 Å². The predicted octanol–water partition coefficient (Wildman–Crippen LogP) is 25.7. The molecule has 0 heterocycles. The summed E-state index contributed by atoms with van der Waals surface area (Å²) in [6, 6.07) is 0. The first kappa shape index (κ1) is 103. The van der Waals surface area contributed by atoms with Gasteiger partial charge in [-0.2, -0.15) is 0 Å². The third kappa shape index (κ3) is 82.7. The van der Waals surface area contributed by atoms with Crippen LogP contribution in [-0.4, -0.2) is 95.9 Å². The number of esters is 3. The summed E-state index contributed by atoms with van der Waals surface area (Å²) < 4.78 is 61.3. The Kier molecular flexibility index (Phi) is 78.4. The molecule has 0 bridgehead atoms. The van der Waals surface area contributed by atoms with E-state index in [9.17, 15) is 43.5 Å². The molecule has 18 heteroatoms. The molecule has 618 valence electrons. The second kappa shape index (κ2) is 81.4. The van der Waals surface area contributed by atoms with Crippen LogP contribution in [0.25, 0.3) is 0 Å². The van der Waals surface area contributed by atoms with Crippen molar-refractivity contribution in [3.63, 3.8) is 0 Å². The number of phosphoric acid groups is 2. The van der Waals surface area contributed by atoms with E-state index in [1.54, 1.807) is 0 Å². The van der Waals surface area contributed by atoms with Crippen molar-refractivity contribution in [1.82, 2.24) is 0 Å². The van der Waals surface area contributed by atoms with Crippen molar-refractivity contribution in [2.75, 3.05) is 39.6 Å². The second-order valence-corrected chi connectivity index (χ2v) is 31.5. The van der Waals surface area contributed by atoms with E-state index in [-0.39, 0.29) is 19.3 Å². The van der Waals surface area contributed by atoms with Gasteiger partial charge in [0.05, 0.1) is 26.4 Å². The van der Waals surface area contributed by atoms with Gasteiger partial charge < -0.3 is 34.2 Å². The van der Waals surface area contributed by atoms with Crippen LogP contribution in [0.4, 0.5) is 0 Å². The summed E-state index contributed by atoms with van der Waals surface area (Å²) in [7, 11) is -9.79. The predicted molar refractivity (Wildman–Crippen MR) is 445 cm³/mol. The minimum Gasteiger partial charge on any atom is -0.463 e. The molecule has 0 aliphatic heterocycles. The van der Waals surface area contributed by atoms with Crippen LogP contribution in [0.15, 0.2) is 122 Å². The van der Waals surface area contributed by atoms with E-state index in [1.807, 2.05) is 0 Å². The first-order valence-corrected chi connectivity index (χ1v) is 45.8. The summed E-state index contributed by atoms with van der Waals surface area (Å²) in [6.45, 7) is 2.58. The van der Waals surface area contributed by atoms with Crippen molar-refractivity contribution in [3.8, 4) is 0 Å². The third-order valence-electron chi connectivity index (χ3n) is 18.2. The van der Waals surface area contributed by atoms with Gasteiger partial charge >= 0.3 is 33.6 Å². The number of ether oxygens (including phenoxy) is 3. The zero-order chi connectivity index (χ0) is 78.0. The van der Waals surface area contributed by atoms with Gasteiger partial charge in [-0.25, -0.2) is 9.13 Å². The van der Waals surface area contributed by atoms with E-state index in [4.69, 9.17) is 32.3 Å². The largest absolute Gasteiger partial charge is 0.472 e. The van der Waals surface area contributed by atoms with Crippen LogP contribution in [-0.2, 0) is 55.8 Å². The molecule has 0 aromatic carbocycles. The molecule has 0 rings (SSSR count). The molecule has 0 radical (unpaired) electrons. The Balaban J connectivity index is 4.43. The molecule has 5 atom stereocenters. The highest BCUT2D eigenvalue weighted by atomic mass is 31.2. The van der Waals surface area contributed by atoms with E-state index in [0.717, 1.165) is 141 Å².